The van der Waals surface area contributed by atoms with E-state index in [0.717, 1.165) is 21.4 Å². The monoisotopic (exact) mass is 457 g/mol. The third kappa shape index (κ3) is 5.38. The van der Waals surface area contributed by atoms with Gasteiger partial charge in [0.1, 0.15) is 5.52 Å². The van der Waals surface area contributed by atoms with Gasteiger partial charge in [0.2, 0.25) is 0 Å². The maximum absolute atomic E-state index is 12.6. The Morgan fingerprint density at radius 3 is 2.26 bits per heavy atom. The molecule has 34 heavy (non-hydrogen) atoms. The summed E-state index contributed by atoms with van der Waals surface area (Å²) >= 11 is 0. The first-order valence-electron chi connectivity index (χ1n) is 11.3. The smallest absolute Gasteiger partial charge is 0.309 e. The zero-order chi connectivity index (χ0) is 24.1. The van der Waals surface area contributed by atoms with Gasteiger partial charge in [0.15, 0.2) is 0 Å². The zero-order valence-corrected chi connectivity index (χ0v) is 19.0. The van der Waals surface area contributed by atoms with Crippen molar-refractivity contribution in [2.24, 2.45) is 5.92 Å². The van der Waals surface area contributed by atoms with Gasteiger partial charge in [-0.1, -0.05) is 71.4 Å². The molecule has 0 unspecified atom stereocenters. The van der Waals surface area contributed by atoms with E-state index in [1.807, 2.05) is 24.3 Å². The summed E-state index contributed by atoms with van der Waals surface area (Å²) in [6, 6.07) is 23.3. The number of aliphatic hydroxyl groups is 1. The van der Waals surface area contributed by atoms with Crippen LogP contribution in [0.5, 0.6) is 0 Å². The summed E-state index contributed by atoms with van der Waals surface area (Å²) in [6.45, 7) is 2.12. The van der Waals surface area contributed by atoms with E-state index in [2.05, 4.69) is 41.5 Å². The van der Waals surface area contributed by atoms with Gasteiger partial charge in [-0.3, -0.25) is 9.59 Å². The minimum absolute atomic E-state index is 0.0654. The Hall–Kier alpha value is -3.84. The fourth-order valence-corrected chi connectivity index (χ4v) is 4.04. The van der Waals surface area contributed by atoms with E-state index in [9.17, 15) is 19.8 Å². The normalized spacial score (nSPS) is 13.0. The van der Waals surface area contributed by atoms with Crippen molar-refractivity contribution < 1.29 is 15.0 Å². The van der Waals surface area contributed by atoms with Crippen molar-refractivity contribution in [3.8, 4) is 11.1 Å². The number of aliphatic carboxylic acids is 1. The summed E-state index contributed by atoms with van der Waals surface area (Å²) in [5, 5.41) is 28.6. The van der Waals surface area contributed by atoms with Gasteiger partial charge in [-0.2, -0.15) is 0 Å². The molecule has 7 nitrogen and oxygen atoms in total. The third-order valence-electron chi connectivity index (χ3n) is 6.13. The summed E-state index contributed by atoms with van der Waals surface area (Å²) in [7, 11) is 0. The van der Waals surface area contributed by atoms with Gasteiger partial charge in [0, 0.05) is 6.54 Å². The molecule has 0 amide bonds. The standard InChI is InChI=1S/C27H27N3O4/c1-18-6-11-20(12-7-18)21-13-8-19(9-14-21)10-15-25(31)23(27(33)34)16-17-30-26(32)22-4-2-3-5-24(22)28-29-30/h2-9,11-14,23,25,31H,10,15-17H2,1H3,(H,33,34)/t23-,25+/m0/s1. The quantitative estimate of drug-likeness (QED) is 0.396. The Bertz CT molecular complexity index is 1330. The number of aryl methyl sites for hydroxylation is 3. The highest BCUT2D eigenvalue weighted by Crippen LogP contribution is 2.22. The highest BCUT2D eigenvalue weighted by molar-refractivity contribution is 5.76. The molecule has 2 atom stereocenters. The Balaban J connectivity index is 1.37. The molecule has 4 rings (SSSR count). The van der Waals surface area contributed by atoms with Crippen LogP contribution in [0.25, 0.3) is 22.0 Å². The summed E-state index contributed by atoms with van der Waals surface area (Å²) in [5.74, 6) is -2.10. The van der Waals surface area contributed by atoms with Crippen LogP contribution in [0, 0.1) is 12.8 Å². The van der Waals surface area contributed by atoms with Gasteiger partial charge in [-0.15, -0.1) is 5.10 Å². The topological polar surface area (TPSA) is 105 Å². The van der Waals surface area contributed by atoms with Crippen LogP contribution in [0.3, 0.4) is 0 Å². The lowest BCUT2D eigenvalue weighted by molar-refractivity contribution is -0.146. The Morgan fingerprint density at radius 1 is 0.941 bits per heavy atom. The largest absolute Gasteiger partial charge is 0.481 e. The number of carboxylic acids is 1. The molecule has 0 spiro atoms. The minimum atomic E-state index is -1.09. The maximum atomic E-state index is 12.6. The van der Waals surface area contributed by atoms with Crippen molar-refractivity contribution in [2.45, 2.75) is 38.8 Å². The predicted molar refractivity (Wildman–Crippen MR) is 130 cm³/mol. The molecular formula is C27H27N3O4. The van der Waals surface area contributed by atoms with Crippen LogP contribution in [-0.2, 0) is 17.8 Å². The van der Waals surface area contributed by atoms with Crippen LogP contribution >= 0.6 is 0 Å². The van der Waals surface area contributed by atoms with E-state index in [1.165, 1.54) is 5.56 Å². The molecule has 2 N–H and O–H groups in total. The van der Waals surface area contributed by atoms with E-state index < -0.39 is 18.0 Å². The van der Waals surface area contributed by atoms with Crippen LogP contribution in [0.15, 0.2) is 77.6 Å². The first-order chi connectivity index (χ1) is 16.4. The van der Waals surface area contributed by atoms with Crippen molar-refractivity contribution in [1.82, 2.24) is 15.0 Å². The number of rotatable bonds is 9. The molecule has 4 aromatic rings. The lowest BCUT2D eigenvalue weighted by atomic mass is 9.93. The van der Waals surface area contributed by atoms with Crippen LogP contribution in [0.1, 0.15) is 24.0 Å². The second-order valence-corrected chi connectivity index (χ2v) is 8.54. The van der Waals surface area contributed by atoms with Crippen molar-refractivity contribution in [3.05, 3.63) is 94.3 Å². The summed E-state index contributed by atoms with van der Waals surface area (Å²) < 4.78 is 1.16. The average molecular weight is 458 g/mol. The molecule has 7 heteroatoms. The van der Waals surface area contributed by atoms with E-state index in [0.29, 0.717) is 23.7 Å². The number of carboxylic acid groups (broad SMARTS) is 1. The number of nitrogens with zero attached hydrogens (tertiary/aromatic N) is 3. The van der Waals surface area contributed by atoms with Crippen molar-refractivity contribution >= 4 is 16.9 Å². The lowest BCUT2D eigenvalue weighted by Gasteiger charge is -2.19. The molecule has 0 aliphatic carbocycles. The van der Waals surface area contributed by atoms with Gasteiger partial charge < -0.3 is 10.2 Å². The van der Waals surface area contributed by atoms with Gasteiger partial charge in [0.25, 0.3) is 5.56 Å². The summed E-state index contributed by atoms with van der Waals surface area (Å²) in [4.78, 5) is 24.4. The Labute approximate surface area is 197 Å². The SMILES string of the molecule is Cc1ccc(-c2ccc(CC[C@@H](O)[C@H](CCn3nnc4ccccc4c3=O)C(=O)O)cc2)cc1. The molecule has 1 heterocycles. The minimum Gasteiger partial charge on any atom is -0.481 e. The van der Waals surface area contributed by atoms with E-state index in [1.54, 1.807) is 24.3 Å². The fraction of sp³-hybridized carbons (Fsp3) is 0.259. The Morgan fingerprint density at radius 2 is 1.59 bits per heavy atom. The maximum Gasteiger partial charge on any atom is 0.309 e. The lowest BCUT2D eigenvalue weighted by Crippen LogP contribution is -2.32. The van der Waals surface area contributed by atoms with Gasteiger partial charge in [-0.05, 0) is 55.0 Å². The average Bonchev–Trinajstić information content (AvgIpc) is 2.85. The number of hydrogen-bond donors (Lipinski definition) is 2. The molecule has 0 saturated carbocycles. The number of aliphatic hydroxyl groups excluding tert-OH is 1. The number of fused-ring (bicyclic) bond motifs is 1. The van der Waals surface area contributed by atoms with Crippen LogP contribution < -0.4 is 5.56 Å². The molecule has 0 fully saturated rings. The molecular weight excluding hydrogens is 430 g/mol. The van der Waals surface area contributed by atoms with Crippen LogP contribution in [-0.4, -0.2) is 37.3 Å². The van der Waals surface area contributed by atoms with Gasteiger partial charge in [-0.25, -0.2) is 4.68 Å². The van der Waals surface area contributed by atoms with E-state index in [-0.39, 0.29) is 18.5 Å². The number of hydrogen-bond acceptors (Lipinski definition) is 5. The second kappa shape index (κ2) is 10.4. The van der Waals surface area contributed by atoms with Crippen molar-refractivity contribution in [2.75, 3.05) is 0 Å². The van der Waals surface area contributed by atoms with E-state index >= 15 is 0 Å². The third-order valence-corrected chi connectivity index (χ3v) is 6.13. The molecule has 0 aliphatic heterocycles. The first kappa shape index (κ1) is 23.3. The van der Waals surface area contributed by atoms with Gasteiger partial charge >= 0.3 is 5.97 Å². The number of aromatic nitrogens is 3. The van der Waals surface area contributed by atoms with Gasteiger partial charge in [0.05, 0.1) is 17.4 Å². The number of carbonyl (C=O) groups is 1. The van der Waals surface area contributed by atoms with E-state index in [4.69, 9.17) is 0 Å². The van der Waals surface area contributed by atoms with Crippen molar-refractivity contribution in [3.63, 3.8) is 0 Å². The van der Waals surface area contributed by atoms with Crippen molar-refractivity contribution in [1.29, 1.82) is 0 Å². The molecule has 3 aromatic carbocycles. The molecule has 174 valence electrons. The van der Waals surface area contributed by atoms with Crippen LogP contribution in [0.2, 0.25) is 0 Å². The zero-order valence-electron chi connectivity index (χ0n) is 19.0. The molecule has 0 aliphatic rings. The molecule has 0 bridgehead atoms. The predicted octanol–water partition coefficient (Wildman–Crippen LogP) is 3.85. The Kier molecular flexibility index (Phi) is 7.13. The van der Waals surface area contributed by atoms with Crippen LogP contribution in [0.4, 0.5) is 0 Å². The highest BCUT2D eigenvalue weighted by atomic mass is 16.4. The molecule has 0 radical (unpaired) electrons. The summed E-state index contributed by atoms with van der Waals surface area (Å²) in [6.07, 6.45) is -0.109. The highest BCUT2D eigenvalue weighted by Gasteiger charge is 2.26. The molecule has 0 saturated heterocycles. The summed E-state index contributed by atoms with van der Waals surface area (Å²) in [5.41, 5.74) is 4.64. The number of benzene rings is 3. The second-order valence-electron chi connectivity index (χ2n) is 8.54. The molecule has 1 aromatic heterocycles. The first-order valence-corrected chi connectivity index (χ1v) is 11.3. The fourth-order valence-electron chi connectivity index (χ4n) is 4.04.